The predicted molar refractivity (Wildman–Crippen MR) is 90.7 cm³/mol. The molecule has 1 aromatic rings. The van der Waals surface area contributed by atoms with Crippen LogP contribution in [0.25, 0.3) is 0 Å². The molecule has 0 aliphatic heterocycles. The first-order valence-corrected chi connectivity index (χ1v) is 8.28. The van der Waals surface area contributed by atoms with E-state index in [0.717, 1.165) is 39.0 Å². The summed E-state index contributed by atoms with van der Waals surface area (Å²) >= 11 is 0. The average molecular weight is 289 g/mol. The Balaban J connectivity index is 2.09. The van der Waals surface area contributed by atoms with Gasteiger partial charge in [0.25, 0.3) is 0 Å². The lowest BCUT2D eigenvalue weighted by Gasteiger charge is -2.46. The van der Waals surface area contributed by atoms with Gasteiger partial charge < -0.3 is 10.6 Å². The average Bonchev–Trinajstić information content (AvgIpc) is 2.50. The molecule has 0 saturated heterocycles. The lowest BCUT2D eigenvalue weighted by Crippen LogP contribution is -2.57. The largest absolute Gasteiger partial charge is 0.329 e. The first kappa shape index (κ1) is 16.5. The second-order valence-corrected chi connectivity index (χ2v) is 6.61. The zero-order valence-electron chi connectivity index (χ0n) is 13.9. The highest BCUT2D eigenvalue weighted by Gasteiger charge is 2.37. The highest BCUT2D eigenvalue weighted by molar-refractivity contribution is 5.32. The first-order chi connectivity index (χ1) is 10.1. The number of hydrogen-bond acceptors (Lipinski definition) is 3. The maximum Gasteiger partial charge on any atom is 0.0375 e. The summed E-state index contributed by atoms with van der Waals surface area (Å²) in [7, 11) is 4.29. The standard InChI is InChI=1S/C18H31N3/c1-4-21(13-7-12-20(2)3)18(15-19)11-10-16-8-5-6-9-17(16)14-18/h5-6,8-9H,4,7,10-15,19H2,1-3H3. The van der Waals surface area contributed by atoms with Gasteiger partial charge in [-0.25, -0.2) is 0 Å². The Labute approximate surface area is 130 Å². The van der Waals surface area contributed by atoms with Crippen molar-refractivity contribution in [2.75, 3.05) is 40.3 Å². The SMILES string of the molecule is CCN(CCCN(C)C)C1(CN)CCc2ccccc2C1. The molecular formula is C18H31N3. The van der Waals surface area contributed by atoms with Crippen LogP contribution in [0.5, 0.6) is 0 Å². The maximum atomic E-state index is 6.25. The molecule has 3 nitrogen and oxygen atoms in total. The van der Waals surface area contributed by atoms with E-state index in [1.165, 1.54) is 24.0 Å². The van der Waals surface area contributed by atoms with Crippen molar-refractivity contribution in [2.24, 2.45) is 5.73 Å². The Bertz CT molecular complexity index is 444. The molecular weight excluding hydrogens is 258 g/mol. The van der Waals surface area contributed by atoms with Gasteiger partial charge in [0.05, 0.1) is 0 Å². The van der Waals surface area contributed by atoms with E-state index in [2.05, 4.69) is 55.1 Å². The minimum atomic E-state index is 0.162. The number of hydrogen-bond donors (Lipinski definition) is 1. The molecule has 21 heavy (non-hydrogen) atoms. The lowest BCUT2D eigenvalue weighted by molar-refractivity contribution is 0.0811. The Kier molecular flexibility index (Phi) is 5.80. The molecule has 1 atom stereocenters. The van der Waals surface area contributed by atoms with Crippen LogP contribution in [-0.2, 0) is 12.8 Å². The van der Waals surface area contributed by atoms with Crippen LogP contribution in [0.3, 0.4) is 0 Å². The maximum absolute atomic E-state index is 6.25. The minimum Gasteiger partial charge on any atom is -0.329 e. The van der Waals surface area contributed by atoms with Crippen LogP contribution < -0.4 is 5.73 Å². The van der Waals surface area contributed by atoms with Crippen LogP contribution in [0.4, 0.5) is 0 Å². The van der Waals surface area contributed by atoms with Gasteiger partial charge in [-0.05, 0) is 70.5 Å². The van der Waals surface area contributed by atoms with Gasteiger partial charge in [-0.15, -0.1) is 0 Å². The number of rotatable bonds is 7. The van der Waals surface area contributed by atoms with Crippen molar-refractivity contribution >= 4 is 0 Å². The summed E-state index contributed by atoms with van der Waals surface area (Å²) in [6.45, 7) is 6.42. The van der Waals surface area contributed by atoms with E-state index >= 15 is 0 Å². The zero-order chi connectivity index (χ0) is 15.3. The summed E-state index contributed by atoms with van der Waals surface area (Å²) in [4.78, 5) is 4.89. The summed E-state index contributed by atoms with van der Waals surface area (Å²) in [5.41, 5.74) is 9.43. The van der Waals surface area contributed by atoms with Crippen molar-refractivity contribution in [1.82, 2.24) is 9.80 Å². The zero-order valence-corrected chi connectivity index (χ0v) is 13.9. The van der Waals surface area contributed by atoms with Crippen LogP contribution in [0.2, 0.25) is 0 Å². The number of aryl methyl sites for hydroxylation is 1. The van der Waals surface area contributed by atoms with Crippen molar-refractivity contribution in [1.29, 1.82) is 0 Å². The van der Waals surface area contributed by atoms with Crippen molar-refractivity contribution < 1.29 is 0 Å². The molecule has 0 heterocycles. The van der Waals surface area contributed by atoms with E-state index in [1.54, 1.807) is 0 Å². The van der Waals surface area contributed by atoms with Crippen LogP contribution in [-0.4, -0.2) is 55.6 Å². The molecule has 0 radical (unpaired) electrons. The summed E-state index contributed by atoms with van der Waals surface area (Å²) in [6, 6.07) is 8.88. The van der Waals surface area contributed by atoms with E-state index in [4.69, 9.17) is 5.73 Å². The smallest absolute Gasteiger partial charge is 0.0375 e. The summed E-state index contributed by atoms with van der Waals surface area (Å²) in [5.74, 6) is 0. The van der Waals surface area contributed by atoms with Crippen molar-refractivity contribution in [3.05, 3.63) is 35.4 Å². The van der Waals surface area contributed by atoms with Crippen LogP contribution in [0.1, 0.15) is 30.9 Å². The second kappa shape index (κ2) is 7.39. The van der Waals surface area contributed by atoms with Crippen LogP contribution in [0.15, 0.2) is 24.3 Å². The molecule has 0 bridgehead atoms. The number of likely N-dealkylation sites (N-methyl/N-ethyl adjacent to an activating group) is 1. The third kappa shape index (κ3) is 3.85. The van der Waals surface area contributed by atoms with Gasteiger partial charge in [0, 0.05) is 12.1 Å². The molecule has 0 fully saturated rings. The van der Waals surface area contributed by atoms with E-state index in [9.17, 15) is 0 Å². The number of nitrogens with zero attached hydrogens (tertiary/aromatic N) is 2. The Morgan fingerprint density at radius 2 is 1.86 bits per heavy atom. The van der Waals surface area contributed by atoms with Crippen molar-refractivity contribution in [3.8, 4) is 0 Å². The molecule has 118 valence electrons. The van der Waals surface area contributed by atoms with Gasteiger partial charge in [-0.2, -0.15) is 0 Å². The van der Waals surface area contributed by atoms with Gasteiger partial charge in [-0.3, -0.25) is 4.90 Å². The van der Waals surface area contributed by atoms with Crippen molar-refractivity contribution in [3.63, 3.8) is 0 Å². The van der Waals surface area contributed by atoms with Gasteiger partial charge in [0.2, 0.25) is 0 Å². The molecule has 0 saturated carbocycles. The molecule has 0 amide bonds. The molecule has 1 aliphatic carbocycles. The molecule has 1 aliphatic rings. The molecule has 1 aromatic carbocycles. The number of benzene rings is 1. The fraction of sp³-hybridized carbons (Fsp3) is 0.667. The van der Waals surface area contributed by atoms with E-state index in [1.807, 2.05) is 0 Å². The molecule has 0 aromatic heterocycles. The predicted octanol–water partition coefficient (Wildman–Crippen LogP) is 2.15. The van der Waals surface area contributed by atoms with Crippen LogP contribution >= 0.6 is 0 Å². The number of nitrogens with two attached hydrogens (primary N) is 1. The second-order valence-electron chi connectivity index (χ2n) is 6.61. The third-order valence-corrected chi connectivity index (χ3v) is 4.96. The van der Waals surface area contributed by atoms with E-state index in [0.29, 0.717) is 0 Å². The fourth-order valence-electron chi connectivity index (χ4n) is 3.67. The lowest BCUT2D eigenvalue weighted by atomic mass is 9.76. The Morgan fingerprint density at radius 3 is 2.48 bits per heavy atom. The molecule has 0 spiro atoms. The molecule has 2 N–H and O–H groups in total. The fourth-order valence-corrected chi connectivity index (χ4v) is 3.67. The summed E-state index contributed by atoms with van der Waals surface area (Å²) in [5, 5.41) is 0. The molecule has 2 rings (SSSR count). The normalized spacial score (nSPS) is 21.8. The molecule has 3 heteroatoms. The number of fused-ring (bicyclic) bond motifs is 1. The molecule has 1 unspecified atom stereocenters. The van der Waals surface area contributed by atoms with E-state index in [-0.39, 0.29) is 5.54 Å². The van der Waals surface area contributed by atoms with E-state index < -0.39 is 0 Å². The van der Waals surface area contributed by atoms with Gasteiger partial charge >= 0.3 is 0 Å². The Morgan fingerprint density at radius 1 is 1.14 bits per heavy atom. The quantitative estimate of drug-likeness (QED) is 0.835. The first-order valence-electron chi connectivity index (χ1n) is 8.28. The third-order valence-electron chi connectivity index (χ3n) is 4.96. The summed E-state index contributed by atoms with van der Waals surface area (Å²) in [6.07, 6.45) is 4.67. The van der Waals surface area contributed by atoms with Gasteiger partial charge in [0.1, 0.15) is 0 Å². The van der Waals surface area contributed by atoms with Gasteiger partial charge in [0.15, 0.2) is 0 Å². The summed E-state index contributed by atoms with van der Waals surface area (Å²) < 4.78 is 0. The highest BCUT2D eigenvalue weighted by Crippen LogP contribution is 2.32. The topological polar surface area (TPSA) is 32.5 Å². The highest BCUT2D eigenvalue weighted by atomic mass is 15.2. The van der Waals surface area contributed by atoms with Crippen LogP contribution in [0, 0.1) is 0 Å². The van der Waals surface area contributed by atoms with Crippen molar-refractivity contribution in [2.45, 2.75) is 38.1 Å². The van der Waals surface area contributed by atoms with Gasteiger partial charge in [-0.1, -0.05) is 31.2 Å². The monoisotopic (exact) mass is 289 g/mol. The Hall–Kier alpha value is -0.900. The minimum absolute atomic E-state index is 0.162.